The quantitative estimate of drug-likeness (QED) is 0.0868. The van der Waals surface area contributed by atoms with Gasteiger partial charge in [-0.05, 0) is 55.4 Å². The Morgan fingerprint density at radius 2 is 0.472 bits per heavy atom. The standard InChI is InChI=1S/2C8H22O5P2.4HI.2Pt/c2*1-5-9-14(10-6-2)13-15(11-7-3)12-8-4;;;;;;/h2*14-15H,5-8H2,1-4H3;4*1H;;/q2*+2;;;;;2*+2/p-4. The molecule has 0 fully saturated rings. The van der Waals surface area contributed by atoms with Gasteiger partial charge in [0.05, 0.1) is 52.9 Å². The number of hydrogen-bond acceptors (Lipinski definition) is 10. The van der Waals surface area contributed by atoms with E-state index in [0.717, 1.165) is 0 Å². The first-order valence-corrected chi connectivity index (χ1v) is 41.6. The first-order valence-electron chi connectivity index (χ1n) is 10.9. The molecule has 0 aliphatic carbocycles. The van der Waals surface area contributed by atoms with Gasteiger partial charge in [0.1, 0.15) is 0 Å². The minimum atomic E-state index is -1.69. The average molecular weight is 1420 g/mol. The van der Waals surface area contributed by atoms with Gasteiger partial charge in [-0.2, -0.15) is 36.2 Å². The molecule has 10 nitrogen and oxygen atoms in total. The van der Waals surface area contributed by atoms with Crippen LogP contribution < -0.4 is 0 Å². The third-order valence-corrected chi connectivity index (χ3v) is 9.29. The van der Waals surface area contributed by atoms with Crippen molar-refractivity contribution in [3.63, 3.8) is 0 Å². The molecule has 0 aliphatic rings. The van der Waals surface area contributed by atoms with E-state index >= 15 is 0 Å². The molecule has 36 heavy (non-hydrogen) atoms. The summed E-state index contributed by atoms with van der Waals surface area (Å²) < 4.78 is 53.7. The molecule has 0 spiro atoms. The Balaban J connectivity index is -0.000000233. The van der Waals surface area contributed by atoms with Crippen LogP contribution >= 0.6 is 112 Å². The van der Waals surface area contributed by atoms with Crippen LogP contribution in [0.3, 0.4) is 0 Å². The van der Waals surface area contributed by atoms with Crippen molar-refractivity contribution in [1.82, 2.24) is 0 Å². The van der Waals surface area contributed by atoms with Crippen molar-refractivity contribution in [1.29, 1.82) is 0 Å². The van der Waals surface area contributed by atoms with E-state index in [0.29, 0.717) is 75.3 Å². The average Bonchev–Trinajstić information content (AvgIpc) is 2.82. The molecule has 0 heterocycles. The van der Waals surface area contributed by atoms with Crippen molar-refractivity contribution >= 4 is 112 Å². The van der Waals surface area contributed by atoms with Crippen LogP contribution in [0.25, 0.3) is 0 Å². The zero-order valence-corrected chi connectivity index (χ0v) is 39.1. The summed E-state index contributed by atoms with van der Waals surface area (Å²) >= 11 is 10.6. The summed E-state index contributed by atoms with van der Waals surface area (Å²) in [5.41, 5.74) is 0. The van der Waals surface area contributed by atoms with E-state index in [9.17, 15) is 0 Å². The van der Waals surface area contributed by atoms with Gasteiger partial charge < -0.3 is 0 Å². The van der Waals surface area contributed by atoms with Crippen molar-refractivity contribution in [2.45, 2.75) is 55.4 Å². The number of rotatable bonds is 20. The molecule has 0 N–H and O–H groups in total. The van der Waals surface area contributed by atoms with Crippen molar-refractivity contribution in [2.75, 3.05) is 52.9 Å². The third-order valence-electron chi connectivity index (χ3n) is 2.43. The predicted molar refractivity (Wildman–Crippen MR) is 185 cm³/mol. The van der Waals surface area contributed by atoms with Crippen molar-refractivity contribution in [3.8, 4) is 0 Å². The zero-order valence-electron chi connectivity index (χ0n) is 21.9. The third kappa shape index (κ3) is 41.8. The second kappa shape index (κ2) is 45.1. The monoisotopic (exact) mass is 1420 g/mol. The van der Waals surface area contributed by atoms with Gasteiger partial charge in [-0.3, -0.25) is 0 Å². The fourth-order valence-electron chi connectivity index (χ4n) is 1.48. The van der Waals surface area contributed by atoms with Crippen LogP contribution in [0.2, 0.25) is 0 Å². The van der Waals surface area contributed by atoms with Gasteiger partial charge in [0.15, 0.2) is 0 Å². The minimum absolute atomic E-state index is 0.523. The summed E-state index contributed by atoms with van der Waals surface area (Å²) in [6.07, 6.45) is 0. The van der Waals surface area contributed by atoms with Crippen LogP contribution in [0.1, 0.15) is 55.4 Å². The fourth-order valence-corrected chi connectivity index (χ4v) is 6.67. The molecule has 0 bridgehead atoms. The molecule has 0 aromatic heterocycles. The molecule has 0 atom stereocenters. The topological polar surface area (TPSA) is 92.3 Å². The van der Waals surface area contributed by atoms with Crippen LogP contribution in [-0.4, -0.2) is 52.9 Å². The molecule has 20 heteroatoms. The Labute approximate surface area is 283 Å². The van der Waals surface area contributed by atoms with E-state index in [4.69, 9.17) is 44.8 Å². The Hall–Kier alpha value is 5.62. The first kappa shape index (κ1) is 48.5. The maximum atomic E-state index is 5.53. The zero-order chi connectivity index (χ0) is 28.5. The molecule has 0 radical (unpaired) electrons. The Bertz CT molecular complexity index is 307. The molecule has 0 unspecified atom stereocenters. The van der Waals surface area contributed by atoms with Gasteiger partial charge in [0.2, 0.25) is 0 Å². The maximum absolute atomic E-state index is 5.53. The van der Waals surface area contributed by atoms with Crippen LogP contribution in [-0.2, 0) is 67.2 Å². The van der Waals surface area contributed by atoms with E-state index in [2.05, 4.69) is 77.4 Å². The molecule has 0 aliphatic heterocycles. The summed E-state index contributed by atoms with van der Waals surface area (Å²) in [7, 11) is -6.78. The van der Waals surface area contributed by atoms with Crippen LogP contribution in [0.15, 0.2) is 0 Å². The van der Waals surface area contributed by atoms with Gasteiger partial charge in [-0.15, -0.1) is 0 Å². The van der Waals surface area contributed by atoms with E-state index in [-0.39, 0.29) is 0 Å². The van der Waals surface area contributed by atoms with Gasteiger partial charge in [0.25, 0.3) is 0 Å². The van der Waals surface area contributed by atoms with Crippen molar-refractivity contribution in [3.05, 3.63) is 0 Å². The van der Waals surface area contributed by atoms with Crippen LogP contribution in [0, 0.1) is 0 Å². The summed E-state index contributed by atoms with van der Waals surface area (Å²) in [6.45, 7) is 19.8. The predicted octanol–water partition coefficient (Wildman–Crippen LogP) is 9.67. The Kier molecular flexibility index (Phi) is 60.7. The SMILES string of the molecule is CCO[PH+](OCC)O[PH+](OCC)OCC.CCO[PH+](OCC)O[PH+](OCC)OCC.[I][Pt][I].[I][Pt][I]. The molecular weight excluding hydrogens is 1370 g/mol. The van der Waals surface area contributed by atoms with Gasteiger partial charge in [-0.1, -0.05) is 0 Å². The Morgan fingerprint density at radius 3 is 0.556 bits per heavy atom. The number of hydrogen-bond donors (Lipinski definition) is 0. The van der Waals surface area contributed by atoms with Crippen molar-refractivity contribution in [2.24, 2.45) is 0 Å². The van der Waals surface area contributed by atoms with Gasteiger partial charge in [-0.25, -0.2) is 0 Å². The molecule has 232 valence electrons. The molecule has 0 saturated heterocycles. The van der Waals surface area contributed by atoms with Crippen LogP contribution in [0.5, 0.6) is 0 Å². The summed E-state index contributed by atoms with van der Waals surface area (Å²) in [6, 6.07) is 0. The number of halogens is 4. The van der Waals surface area contributed by atoms with Crippen molar-refractivity contribution < 1.29 is 67.2 Å². The second-order valence-corrected chi connectivity index (χ2v) is 43.9. The summed E-state index contributed by atoms with van der Waals surface area (Å²) in [5, 5.41) is 0. The fraction of sp³-hybridized carbons (Fsp3) is 1.00. The molecule has 0 rings (SSSR count). The van der Waals surface area contributed by atoms with E-state index in [1.807, 2.05) is 55.4 Å². The van der Waals surface area contributed by atoms with Crippen LogP contribution in [0.4, 0.5) is 0 Å². The van der Waals surface area contributed by atoms with Gasteiger partial charge in [0, 0.05) is 8.62 Å². The molecular formula is C16H44I4O10P4Pt2+4. The Morgan fingerprint density at radius 1 is 0.361 bits per heavy atom. The van der Waals surface area contributed by atoms with E-state index < -0.39 is 34.4 Å². The van der Waals surface area contributed by atoms with E-state index in [1.165, 1.54) is 0 Å². The molecule has 0 saturated carbocycles. The first-order chi connectivity index (χ1) is 17.4. The molecule has 0 aromatic carbocycles. The normalized spacial score (nSPS) is 10.9. The second-order valence-electron chi connectivity index (χ2n) is 4.76. The summed E-state index contributed by atoms with van der Waals surface area (Å²) in [5.74, 6) is 0. The molecule has 0 amide bonds. The van der Waals surface area contributed by atoms with Gasteiger partial charge >= 0.3 is 134 Å². The molecule has 0 aromatic rings. The van der Waals surface area contributed by atoms with E-state index in [1.54, 1.807) is 0 Å². The summed E-state index contributed by atoms with van der Waals surface area (Å²) in [4.78, 5) is 0.